The summed E-state index contributed by atoms with van der Waals surface area (Å²) < 4.78 is 0. The molecular formula is C18H12. The van der Waals surface area contributed by atoms with Gasteiger partial charge in [-0.15, -0.1) is 0 Å². The van der Waals surface area contributed by atoms with Crippen LogP contribution in [-0.2, 0) is 6.42 Å². The lowest BCUT2D eigenvalue weighted by Crippen LogP contribution is -2.15. The molecule has 0 bridgehead atoms. The Morgan fingerprint density at radius 1 is 0.778 bits per heavy atom. The van der Waals surface area contributed by atoms with E-state index in [0.29, 0.717) is 0 Å². The van der Waals surface area contributed by atoms with Crippen molar-refractivity contribution < 1.29 is 0 Å². The van der Waals surface area contributed by atoms with Crippen molar-refractivity contribution in [1.82, 2.24) is 0 Å². The molecule has 2 aliphatic carbocycles. The standard InChI is InChI=1S/C18H12/c1-2-11-4-6-13-7-5-12-8-9-15-10-14(3-1)16(11)18(13)17(12)15/h1-4,6,8-10H,5,7H2. The smallest absolute Gasteiger partial charge is 0.00295 e. The summed E-state index contributed by atoms with van der Waals surface area (Å²) in [6, 6.07) is 13.6. The van der Waals surface area contributed by atoms with Crippen LogP contribution in [0.25, 0.3) is 33.2 Å². The monoisotopic (exact) mass is 228 g/mol. The minimum absolute atomic E-state index is 1.19. The normalized spacial score (nSPS) is 16.1. The molecule has 2 aliphatic rings. The highest BCUT2D eigenvalue weighted by atomic mass is 14.2. The fraction of sp³-hybridized carbons (Fsp3) is 0.111. The molecule has 0 heteroatoms. The fourth-order valence-corrected chi connectivity index (χ4v) is 3.68. The van der Waals surface area contributed by atoms with Crippen LogP contribution < -0.4 is 5.22 Å². The highest BCUT2D eigenvalue weighted by Gasteiger charge is 2.18. The van der Waals surface area contributed by atoms with Crippen LogP contribution in [-0.4, -0.2) is 0 Å². The Kier molecular flexibility index (Phi) is 1.41. The van der Waals surface area contributed by atoms with E-state index in [1.165, 1.54) is 56.3 Å². The van der Waals surface area contributed by atoms with Gasteiger partial charge < -0.3 is 0 Å². The van der Waals surface area contributed by atoms with Gasteiger partial charge in [0.25, 0.3) is 0 Å². The lowest BCUT2D eigenvalue weighted by atomic mass is 9.87. The van der Waals surface area contributed by atoms with E-state index >= 15 is 0 Å². The molecule has 0 radical (unpaired) electrons. The molecule has 0 saturated carbocycles. The molecular weight excluding hydrogens is 216 g/mol. The molecule has 0 unspecified atom stereocenters. The Balaban J connectivity index is 2.26. The summed E-state index contributed by atoms with van der Waals surface area (Å²) in [5, 5.41) is 7.26. The summed E-state index contributed by atoms with van der Waals surface area (Å²) in [5.74, 6) is 0. The van der Waals surface area contributed by atoms with Crippen molar-refractivity contribution in [2.45, 2.75) is 12.8 Å². The number of rotatable bonds is 0. The van der Waals surface area contributed by atoms with Crippen molar-refractivity contribution >= 4 is 33.2 Å². The van der Waals surface area contributed by atoms with E-state index in [1.807, 2.05) is 0 Å². The van der Waals surface area contributed by atoms with E-state index in [4.69, 9.17) is 0 Å². The molecule has 0 fully saturated rings. The van der Waals surface area contributed by atoms with Crippen molar-refractivity contribution in [2.75, 3.05) is 0 Å². The van der Waals surface area contributed by atoms with Gasteiger partial charge in [-0.25, -0.2) is 0 Å². The second-order valence-electron chi connectivity index (χ2n) is 5.38. The Labute approximate surface area is 105 Å². The van der Waals surface area contributed by atoms with Crippen molar-refractivity contribution in [3.63, 3.8) is 0 Å². The third-order valence-electron chi connectivity index (χ3n) is 4.46. The lowest BCUT2D eigenvalue weighted by Gasteiger charge is -2.17. The van der Waals surface area contributed by atoms with Crippen LogP contribution in [0.4, 0.5) is 0 Å². The third kappa shape index (κ3) is 0.896. The first-order valence-electron chi connectivity index (χ1n) is 6.60. The van der Waals surface area contributed by atoms with Crippen LogP contribution in [0.2, 0.25) is 0 Å². The van der Waals surface area contributed by atoms with Gasteiger partial charge in [0.15, 0.2) is 0 Å². The molecule has 0 aliphatic heterocycles. The molecule has 3 aromatic rings. The van der Waals surface area contributed by atoms with Gasteiger partial charge in [-0.2, -0.15) is 0 Å². The van der Waals surface area contributed by atoms with Gasteiger partial charge in [-0.05, 0) is 62.4 Å². The predicted octanol–water partition coefficient (Wildman–Crippen LogP) is 3.84. The zero-order chi connectivity index (χ0) is 11.7. The molecule has 5 rings (SSSR count). The molecule has 0 aromatic heterocycles. The van der Waals surface area contributed by atoms with Gasteiger partial charge >= 0.3 is 0 Å². The molecule has 0 spiro atoms. The van der Waals surface area contributed by atoms with E-state index in [2.05, 4.69) is 48.6 Å². The number of benzene rings is 3. The molecule has 0 amide bonds. The van der Waals surface area contributed by atoms with Crippen molar-refractivity contribution in [3.05, 3.63) is 58.8 Å². The molecule has 0 heterocycles. The largest absolute Gasteiger partial charge is 0.0610 e. The Morgan fingerprint density at radius 2 is 1.72 bits per heavy atom. The van der Waals surface area contributed by atoms with Gasteiger partial charge in [0.1, 0.15) is 0 Å². The number of hydrogen-bond acceptors (Lipinski definition) is 0. The summed E-state index contributed by atoms with van der Waals surface area (Å²) >= 11 is 0. The maximum absolute atomic E-state index is 2.35. The maximum Gasteiger partial charge on any atom is -0.00295 e. The summed E-state index contributed by atoms with van der Waals surface area (Å²) in [6.45, 7) is 0. The maximum atomic E-state index is 2.35. The Hall–Kier alpha value is -2.08. The fourth-order valence-electron chi connectivity index (χ4n) is 3.68. The third-order valence-corrected chi connectivity index (χ3v) is 4.46. The van der Waals surface area contributed by atoms with Crippen molar-refractivity contribution in [1.29, 1.82) is 0 Å². The first-order valence-corrected chi connectivity index (χ1v) is 6.60. The average molecular weight is 228 g/mol. The minimum Gasteiger partial charge on any atom is -0.0610 e. The van der Waals surface area contributed by atoms with Crippen LogP contribution in [0.5, 0.6) is 0 Å². The van der Waals surface area contributed by atoms with Crippen molar-refractivity contribution in [2.24, 2.45) is 0 Å². The minimum atomic E-state index is 1.19. The summed E-state index contributed by atoms with van der Waals surface area (Å²) in [6.07, 6.45) is 6.99. The first kappa shape index (κ1) is 8.93. The van der Waals surface area contributed by atoms with Crippen LogP contribution in [0, 0.1) is 0 Å². The van der Waals surface area contributed by atoms with E-state index in [0.717, 1.165) is 0 Å². The molecule has 18 heavy (non-hydrogen) atoms. The molecule has 0 nitrogen and oxygen atoms in total. The number of hydrogen-bond donors (Lipinski definition) is 0. The van der Waals surface area contributed by atoms with Crippen molar-refractivity contribution in [3.8, 4) is 0 Å². The van der Waals surface area contributed by atoms with Crippen LogP contribution >= 0.6 is 0 Å². The summed E-state index contributed by atoms with van der Waals surface area (Å²) in [5.41, 5.74) is 4.48. The zero-order valence-electron chi connectivity index (χ0n) is 10.0. The van der Waals surface area contributed by atoms with Gasteiger partial charge in [0, 0.05) is 0 Å². The molecule has 84 valence electrons. The van der Waals surface area contributed by atoms with Crippen LogP contribution in [0.1, 0.15) is 17.5 Å². The predicted molar refractivity (Wildman–Crippen MR) is 77.4 cm³/mol. The van der Waals surface area contributed by atoms with Crippen LogP contribution in [0.15, 0.2) is 42.5 Å². The Morgan fingerprint density at radius 3 is 2.72 bits per heavy atom. The SMILES string of the molecule is C1=Cc2cc3cccc4ccc5c(c2=C1CC5)c43. The Bertz CT molecular complexity index is 910. The number of aryl methyl sites for hydroxylation is 1. The lowest BCUT2D eigenvalue weighted by molar-refractivity contribution is 1.02. The van der Waals surface area contributed by atoms with E-state index in [9.17, 15) is 0 Å². The van der Waals surface area contributed by atoms with Gasteiger partial charge in [0.2, 0.25) is 0 Å². The quantitative estimate of drug-likeness (QED) is 0.548. The van der Waals surface area contributed by atoms with Gasteiger partial charge in [-0.1, -0.05) is 42.5 Å². The molecule has 0 atom stereocenters. The molecule has 0 saturated heterocycles. The summed E-state index contributed by atoms with van der Waals surface area (Å²) in [4.78, 5) is 0. The number of allylic oxidation sites excluding steroid dienone is 1. The molecule has 0 N–H and O–H groups in total. The van der Waals surface area contributed by atoms with Crippen LogP contribution in [0.3, 0.4) is 0 Å². The zero-order valence-corrected chi connectivity index (χ0v) is 10.0. The highest BCUT2D eigenvalue weighted by molar-refractivity contribution is 6.14. The highest BCUT2D eigenvalue weighted by Crippen LogP contribution is 2.34. The van der Waals surface area contributed by atoms with Gasteiger partial charge in [0.05, 0.1) is 0 Å². The molecule has 3 aromatic carbocycles. The second kappa shape index (κ2) is 2.84. The topological polar surface area (TPSA) is 0 Å². The average Bonchev–Trinajstić information content (AvgIpc) is 2.83. The second-order valence-corrected chi connectivity index (χ2v) is 5.38. The first-order chi connectivity index (χ1) is 8.92. The van der Waals surface area contributed by atoms with E-state index < -0.39 is 0 Å². The summed E-state index contributed by atoms with van der Waals surface area (Å²) in [7, 11) is 0. The van der Waals surface area contributed by atoms with E-state index in [1.54, 1.807) is 0 Å². The van der Waals surface area contributed by atoms with E-state index in [-0.39, 0.29) is 0 Å². The van der Waals surface area contributed by atoms with Gasteiger partial charge in [-0.3, -0.25) is 0 Å².